The Morgan fingerprint density at radius 2 is 1.64 bits per heavy atom. The number of nitrogens with zero attached hydrogens (tertiary/aromatic N) is 1. The van der Waals surface area contributed by atoms with Gasteiger partial charge in [-0.2, -0.15) is 11.8 Å². The molecule has 0 aromatic heterocycles. The van der Waals surface area contributed by atoms with Gasteiger partial charge in [-0.05, 0) is 43.2 Å². The lowest BCUT2D eigenvalue weighted by Crippen LogP contribution is -2.14. The molecule has 0 aromatic carbocycles. The van der Waals surface area contributed by atoms with Gasteiger partial charge in [0.25, 0.3) is 0 Å². The van der Waals surface area contributed by atoms with Crippen molar-refractivity contribution in [2.75, 3.05) is 31.6 Å². The highest BCUT2D eigenvalue weighted by molar-refractivity contribution is 7.99. The molecule has 0 saturated carbocycles. The number of hydrogen-bond acceptors (Lipinski definition) is 2. The zero-order valence-electron chi connectivity index (χ0n) is 7.25. The highest BCUT2D eigenvalue weighted by Gasteiger charge is 2.31. The van der Waals surface area contributed by atoms with Crippen LogP contribution >= 0.6 is 11.8 Å². The second-order valence-electron chi connectivity index (χ2n) is 3.93. The van der Waals surface area contributed by atoms with Crippen LogP contribution in [0.3, 0.4) is 0 Å². The van der Waals surface area contributed by atoms with Gasteiger partial charge in [0.05, 0.1) is 0 Å². The van der Waals surface area contributed by atoms with E-state index >= 15 is 0 Å². The molecule has 64 valence electrons. The van der Waals surface area contributed by atoms with Crippen molar-refractivity contribution in [2.45, 2.75) is 12.8 Å². The first kappa shape index (κ1) is 7.93. The second-order valence-corrected chi connectivity index (χ2v) is 5.16. The Bertz CT molecular complexity index is 124. The first-order chi connectivity index (χ1) is 5.36. The van der Waals surface area contributed by atoms with Gasteiger partial charge in [0.1, 0.15) is 0 Å². The number of thioether (sulfide) groups is 1. The van der Waals surface area contributed by atoms with E-state index in [-0.39, 0.29) is 0 Å². The van der Waals surface area contributed by atoms with Crippen molar-refractivity contribution >= 4 is 11.8 Å². The molecule has 1 nitrogen and oxygen atoms in total. The van der Waals surface area contributed by atoms with Gasteiger partial charge in [0.2, 0.25) is 0 Å². The maximum atomic E-state index is 2.51. The Labute approximate surface area is 73.5 Å². The number of fused-ring (bicyclic) bond motifs is 1. The van der Waals surface area contributed by atoms with Crippen LogP contribution in [0.2, 0.25) is 0 Å². The quantitative estimate of drug-likeness (QED) is 0.545. The van der Waals surface area contributed by atoms with Gasteiger partial charge in [-0.25, -0.2) is 0 Å². The van der Waals surface area contributed by atoms with Crippen LogP contribution in [0.5, 0.6) is 0 Å². The number of rotatable bonds is 0. The molecule has 2 fully saturated rings. The molecule has 0 bridgehead atoms. The van der Waals surface area contributed by atoms with Crippen LogP contribution in [0.25, 0.3) is 0 Å². The van der Waals surface area contributed by atoms with Crippen LogP contribution in [-0.2, 0) is 0 Å². The average Bonchev–Trinajstić information content (AvgIpc) is 2.17. The summed E-state index contributed by atoms with van der Waals surface area (Å²) in [6, 6.07) is 0. The minimum Gasteiger partial charge on any atom is -0.306 e. The summed E-state index contributed by atoms with van der Waals surface area (Å²) in [5, 5.41) is 0. The normalized spacial score (nSPS) is 40.1. The third kappa shape index (κ3) is 1.73. The molecule has 0 radical (unpaired) electrons. The van der Waals surface area contributed by atoms with Crippen LogP contribution in [0, 0.1) is 11.8 Å². The van der Waals surface area contributed by atoms with E-state index in [4.69, 9.17) is 0 Å². The molecule has 0 aliphatic carbocycles. The lowest BCUT2D eigenvalue weighted by Gasteiger charge is -2.12. The summed E-state index contributed by atoms with van der Waals surface area (Å²) in [5.74, 6) is 4.90. The minimum absolute atomic E-state index is 1.04. The standard InChI is InChI=1S/C9H17NS/c1-10-6-8-2-4-11-5-3-9(8)7-10/h8-9H,2-7H2,1H3. The molecule has 0 N–H and O–H groups in total. The maximum Gasteiger partial charge on any atom is 0.00102 e. The number of likely N-dealkylation sites (tertiary alicyclic amines) is 1. The zero-order valence-corrected chi connectivity index (χ0v) is 8.07. The zero-order chi connectivity index (χ0) is 7.68. The lowest BCUT2D eigenvalue weighted by molar-refractivity contribution is 0.391. The van der Waals surface area contributed by atoms with Gasteiger partial charge in [0, 0.05) is 13.1 Å². The minimum atomic E-state index is 1.04. The van der Waals surface area contributed by atoms with Crippen molar-refractivity contribution in [3.63, 3.8) is 0 Å². The van der Waals surface area contributed by atoms with Gasteiger partial charge in [-0.3, -0.25) is 0 Å². The fourth-order valence-corrected chi connectivity index (χ4v) is 3.54. The molecule has 0 aromatic rings. The van der Waals surface area contributed by atoms with Gasteiger partial charge < -0.3 is 4.90 Å². The summed E-state index contributed by atoms with van der Waals surface area (Å²) in [6.07, 6.45) is 2.94. The summed E-state index contributed by atoms with van der Waals surface area (Å²) in [6.45, 7) is 2.73. The topological polar surface area (TPSA) is 3.24 Å². The van der Waals surface area contributed by atoms with E-state index in [9.17, 15) is 0 Å². The van der Waals surface area contributed by atoms with Gasteiger partial charge in [-0.15, -0.1) is 0 Å². The molecule has 2 aliphatic heterocycles. The van der Waals surface area contributed by atoms with Crippen molar-refractivity contribution in [1.82, 2.24) is 4.90 Å². The first-order valence-corrected chi connectivity index (χ1v) is 5.78. The molecule has 2 heterocycles. The SMILES string of the molecule is CN1CC2CCSCCC2C1. The molecule has 2 rings (SSSR count). The third-order valence-electron chi connectivity index (χ3n) is 3.02. The molecule has 0 spiro atoms. The van der Waals surface area contributed by atoms with Crippen molar-refractivity contribution in [3.8, 4) is 0 Å². The van der Waals surface area contributed by atoms with E-state index in [1.165, 1.54) is 37.4 Å². The van der Waals surface area contributed by atoms with E-state index in [0.29, 0.717) is 0 Å². The van der Waals surface area contributed by atoms with Crippen molar-refractivity contribution in [2.24, 2.45) is 11.8 Å². The van der Waals surface area contributed by atoms with Crippen LogP contribution < -0.4 is 0 Å². The Balaban J connectivity index is 1.96. The molecular formula is C9H17NS. The number of hydrogen-bond donors (Lipinski definition) is 0. The van der Waals surface area contributed by atoms with Crippen LogP contribution in [-0.4, -0.2) is 36.5 Å². The second kappa shape index (κ2) is 3.36. The molecule has 11 heavy (non-hydrogen) atoms. The highest BCUT2D eigenvalue weighted by atomic mass is 32.2. The molecule has 2 heteroatoms. The molecule has 0 amide bonds. The summed E-state index contributed by atoms with van der Waals surface area (Å²) >= 11 is 2.16. The third-order valence-corrected chi connectivity index (χ3v) is 4.07. The van der Waals surface area contributed by atoms with Gasteiger partial charge in [-0.1, -0.05) is 0 Å². The van der Waals surface area contributed by atoms with E-state index in [1.807, 2.05) is 0 Å². The smallest absolute Gasteiger partial charge is 0.00102 e. The maximum absolute atomic E-state index is 2.51. The Hall–Kier alpha value is 0.310. The summed E-state index contributed by atoms with van der Waals surface area (Å²) in [4.78, 5) is 2.51. The fraction of sp³-hybridized carbons (Fsp3) is 1.00. The van der Waals surface area contributed by atoms with E-state index < -0.39 is 0 Å². The van der Waals surface area contributed by atoms with Crippen molar-refractivity contribution in [1.29, 1.82) is 0 Å². The summed E-state index contributed by atoms with van der Waals surface area (Å²) in [7, 11) is 2.27. The van der Waals surface area contributed by atoms with Crippen LogP contribution in [0.1, 0.15) is 12.8 Å². The van der Waals surface area contributed by atoms with E-state index in [1.54, 1.807) is 0 Å². The lowest BCUT2D eigenvalue weighted by atomic mass is 9.92. The van der Waals surface area contributed by atoms with Crippen LogP contribution in [0.4, 0.5) is 0 Å². The van der Waals surface area contributed by atoms with Crippen molar-refractivity contribution < 1.29 is 0 Å². The Kier molecular flexibility index (Phi) is 2.42. The van der Waals surface area contributed by atoms with Crippen molar-refractivity contribution in [3.05, 3.63) is 0 Å². The first-order valence-electron chi connectivity index (χ1n) is 4.62. The summed E-state index contributed by atoms with van der Waals surface area (Å²) < 4.78 is 0. The Morgan fingerprint density at radius 1 is 1.09 bits per heavy atom. The largest absolute Gasteiger partial charge is 0.306 e. The summed E-state index contributed by atoms with van der Waals surface area (Å²) in [5.41, 5.74) is 0. The molecule has 2 saturated heterocycles. The average molecular weight is 171 g/mol. The van der Waals surface area contributed by atoms with Gasteiger partial charge >= 0.3 is 0 Å². The van der Waals surface area contributed by atoms with Gasteiger partial charge in [0.15, 0.2) is 0 Å². The van der Waals surface area contributed by atoms with E-state index in [0.717, 1.165) is 11.8 Å². The fourth-order valence-electron chi connectivity index (χ4n) is 2.40. The predicted molar refractivity (Wildman–Crippen MR) is 51.0 cm³/mol. The molecular weight excluding hydrogens is 154 g/mol. The molecule has 2 atom stereocenters. The molecule has 2 aliphatic rings. The monoisotopic (exact) mass is 171 g/mol. The molecule has 2 unspecified atom stereocenters. The predicted octanol–water partition coefficient (Wildman–Crippen LogP) is 1.69. The van der Waals surface area contributed by atoms with Crippen LogP contribution in [0.15, 0.2) is 0 Å². The van der Waals surface area contributed by atoms with E-state index in [2.05, 4.69) is 23.7 Å². The Morgan fingerprint density at radius 3 is 2.18 bits per heavy atom. The highest BCUT2D eigenvalue weighted by Crippen LogP contribution is 2.33.